The molecule has 4 heteroatoms. The van der Waals surface area contributed by atoms with E-state index in [1.165, 1.54) is 23.7 Å². The number of nitrogens with one attached hydrogen (secondary N) is 1. The summed E-state index contributed by atoms with van der Waals surface area (Å²) in [6, 6.07) is 7.97. The van der Waals surface area contributed by atoms with Crippen LogP contribution in [0.2, 0.25) is 0 Å². The molecule has 1 unspecified atom stereocenters. The van der Waals surface area contributed by atoms with Crippen LogP contribution >= 0.6 is 0 Å². The van der Waals surface area contributed by atoms with E-state index in [1.807, 2.05) is 13.0 Å². The van der Waals surface area contributed by atoms with Gasteiger partial charge < -0.3 is 14.5 Å². The van der Waals surface area contributed by atoms with Gasteiger partial charge in [0, 0.05) is 12.5 Å². The summed E-state index contributed by atoms with van der Waals surface area (Å²) >= 11 is 0. The molecule has 2 heterocycles. The van der Waals surface area contributed by atoms with Gasteiger partial charge in [0.25, 0.3) is 5.91 Å². The van der Waals surface area contributed by atoms with Crippen molar-refractivity contribution in [3.05, 3.63) is 53.5 Å². The van der Waals surface area contributed by atoms with Crippen molar-refractivity contribution in [3.8, 4) is 5.75 Å². The molecule has 0 spiro atoms. The minimum atomic E-state index is -0.101. The molecule has 0 saturated carbocycles. The Kier molecular flexibility index (Phi) is 3.46. The average Bonchev–Trinajstić information content (AvgIpc) is 3.09. The molecule has 0 bridgehead atoms. The summed E-state index contributed by atoms with van der Waals surface area (Å²) in [7, 11) is 0. The molecule has 0 aliphatic carbocycles. The standard InChI is InChI=1S/C16H17NO3/c1-11(17-16(18)14-4-6-19-10-14)8-12-2-3-15-13(9-12)5-7-20-15/h2-4,6,9-11H,5,7-8H2,1H3,(H,17,18). The van der Waals surface area contributed by atoms with Gasteiger partial charge in [0.15, 0.2) is 0 Å². The zero-order valence-electron chi connectivity index (χ0n) is 11.4. The summed E-state index contributed by atoms with van der Waals surface area (Å²) in [4.78, 5) is 11.9. The molecule has 1 aliphatic heterocycles. The second-order valence-corrected chi connectivity index (χ2v) is 5.13. The number of hydrogen-bond acceptors (Lipinski definition) is 3. The molecule has 1 aromatic heterocycles. The van der Waals surface area contributed by atoms with Gasteiger partial charge in [-0.2, -0.15) is 0 Å². The SMILES string of the molecule is CC(Cc1ccc2c(c1)CCO2)NC(=O)c1ccoc1. The fourth-order valence-electron chi connectivity index (χ4n) is 2.47. The van der Waals surface area contributed by atoms with E-state index in [0.717, 1.165) is 25.2 Å². The molecule has 1 N–H and O–H groups in total. The Bertz CT molecular complexity index is 604. The topological polar surface area (TPSA) is 51.5 Å². The van der Waals surface area contributed by atoms with Crippen molar-refractivity contribution in [2.45, 2.75) is 25.8 Å². The second-order valence-electron chi connectivity index (χ2n) is 5.13. The zero-order chi connectivity index (χ0) is 13.9. The third-order valence-corrected chi connectivity index (χ3v) is 3.46. The largest absolute Gasteiger partial charge is 0.493 e. The summed E-state index contributed by atoms with van der Waals surface area (Å²) in [5.41, 5.74) is 3.03. The minimum Gasteiger partial charge on any atom is -0.493 e. The molecular weight excluding hydrogens is 254 g/mol. The van der Waals surface area contributed by atoms with Gasteiger partial charge in [0.05, 0.1) is 18.4 Å². The first-order valence-corrected chi connectivity index (χ1v) is 6.80. The molecule has 1 aliphatic rings. The summed E-state index contributed by atoms with van der Waals surface area (Å²) in [6.07, 6.45) is 4.73. The van der Waals surface area contributed by atoms with Gasteiger partial charge in [-0.25, -0.2) is 0 Å². The minimum absolute atomic E-state index is 0.0674. The molecule has 0 fully saturated rings. The van der Waals surface area contributed by atoms with Gasteiger partial charge in [-0.15, -0.1) is 0 Å². The van der Waals surface area contributed by atoms with Crippen molar-refractivity contribution >= 4 is 5.91 Å². The van der Waals surface area contributed by atoms with E-state index in [1.54, 1.807) is 6.07 Å². The Balaban J connectivity index is 1.61. The van der Waals surface area contributed by atoms with Crippen molar-refractivity contribution in [2.24, 2.45) is 0 Å². The highest BCUT2D eigenvalue weighted by molar-refractivity contribution is 5.93. The summed E-state index contributed by atoms with van der Waals surface area (Å²) in [5.74, 6) is 0.888. The molecule has 0 saturated heterocycles. The molecular formula is C16H17NO3. The van der Waals surface area contributed by atoms with Gasteiger partial charge in [-0.1, -0.05) is 12.1 Å². The van der Waals surface area contributed by atoms with Crippen LogP contribution in [0.25, 0.3) is 0 Å². The number of furan rings is 1. The lowest BCUT2D eigenvalue weighted by molar-refractivity contribution is 0.0939. The van der Waals surface area contributed by atoms with Crippen LogP contribution < -0.4 is 10.1 Å². The number of fused-ring (bicyclic) bond motifs is 1. The first kappa shape index (κ1) is 12.8. The first-order valence-electron chi connectivity index (χ1n) is 6.80. The van der Waals surface area contributed by atoms with E-state index in [-0.39, 0.29) is 11.9 Å². The van der Waals surface area contributed by atoms with E-state index >= 15 is 0 Å². The fourth-order valence-corrected chi connectivity index (χ4v) is 2.47. The van der Waals surface area contributed by atoms with Gasteiger partial charge in [-0.3, -0.25) is 4.79 Å². The van der Waals surface area contributed by atoms with E-state index in [9.17, 15) is 4.79 Å². The molecule has 0 radical (unpaired) electrons. The smallest absolute Gasteiger partial charge is 0.254 e. The number of amides is 1. The average molecular weight is 271 g/mol. The highest BCUT2D eigenvalue weighted by atomic mass is 16.5. The number of hydrogen-bond donors (Lipinski definition) is 1. The lowest BCUT2D eigenvalue weighted by Gasteiger charge is -2.14. The fraction of sp³-hybridized carbons (Fsp3) is 0.312. The zero-order valence-corrected chi connectivity index (χ0v) is 11.4. The van der Waals surface area contributed by atoms with Crippen LogP contribution in [0.15, 0.2) is 41.2 Å². The van der Waals surface area contributed by atoms with Gasteiger partial charge >= 0.3 is 0 Å². The third-order valence-electron chi connectivity index (χ3n) is 3.46. The van der Waals surface area contributed by atoms with Gasteiger partial charge in [-0.05, 0) is 36.6 Å². The monoisotopic (exact) mass is 271 g/mol. The predicted molar refractivity (Wildman–Crippen MR) is 75.0 cm³/mol. The Morgan fingerprint density at radius 3 is 3.10 bits per heavy atom. The molecule has 1 atom stereocenters. The molecule has 1 amide bonds. The second kappa shape index (κ2) is 5.41. The van der Waals surface area contributed by atoms with Crippen molar-refractivity contribution in [3.63, 3.8) is 0 Å². The third kappa shape index (κ3) is 2.69. The quantitative estimate of drug-likeness (QED) is 0.929. The molecule has 3 rings (SSSR count). The van der Waals surface area contributed by atoms with Crippen LogP contribution in [-0.4, -0.2) is 18.6 Å². The Hall–Kier alpha value is -2.23. The Morgan fingerprint density at radius 1 is 1.40 bits per heavy atom. The molecule has 1 aromatic carbocycles. The van der Waals surface area contributed by atoms with E-state index in [0.29, 0.717) is 5.56 Å². The number of ether oxygens (including phenoxy) is 1. The van der Waals surface area contributed by atoms with E-state index in [2.05, 4.69) is 17.4 Å². The maximum Gasteiger partial charge on any atom is 0.254 e. The van der Waals surface area contributed by atoms with Crippen LogP contribution in [0.1, 0.15) is 28.4 Å². The van der Waals surface area contributed by atoms with Crippen molar-refractivity contribution in [2.75, 3.05) is 6.61 Å². The highest BCUT2D eigenvalue weighted by Gasteiger charge is 2.14. The van der Waals surface area contributed by atoms with Crippen LogP contribution in [0.3, 0.4) is 0 Å². The maximum atomic E-state index is 11.9. The summed E-state index contributed by atoms with van der Waals surface area (Å²) in [6.45, 7) is 2.77. The van der Waals surface area contributed by atoms with Crippen molar-refractivity contribution in [1.29, 1.82) is 0 Å². The van der Waals surface area contributed by atoms with Crippen LogP contribution in [0, 0.1) is 0 Å². The Morgan fingerprint density at radius 2 is 2.30 bits per heavy atom. The maximum absolute atomic E-state index is 11.9. The van der Waals surface area contributed by atoms with Crippen molar-refractivity contribution < 1.29 is 13.9 Å². The highest BCUT2D eigenvalue weighted by Crippen LogP contribution is 2.26. The van der Waals surface area contributed by atoms with Gasteiger partial charge in [0.2, 0.25) is 0 Å². The molecule has 20 heavy (non-hydrogen) atoms. The number of benzene rings is 1. The predicted octanol–water partition coefficient (Wildman–Crippen LogP) is 2.58. The van der Waals surface area contributed by atoms with Crippen LogP contribution in [0.5, 0.6) is 5.75 Å². The first-order chi connectivity index (χ1) is 9.72. The Labute approximate surface area is 117 Å². The molecule has 2 aromatic rings. The van der Waals surface area contributed by atoms with Crippen molar-refractivity contribution in [1.82, 2.24) is 5.32 Å². The number of rotatable bonds is 4. The lowest BCUT2D eigenvalue weighted by Crippen LogP contribution is -2.33. The molecule has 4 nitrogen and oxygen atoms in total. The lowest BCUT2D eigenvalue weighted by atomic mass is 10.0. The van der Waals surface area contributed by atoms with E-state index < -0.39 is 0 Å². The van der Waals surface area contributed by atoms with Crippen LogP contribution in [0.4, 0.5) is 0 Å². The van der Waals surface area contributed by atoms with Crippen LogP contribution in [-0.2, 0) is 12.8 Å². The van der Waals surface area contributed by atoms with E-state index in [4.69, 9.17) is 9.15 Å². The van der Waals surface area contributed by atoms with Gasteiger partial charge in [0.1, 0.15) is 12.0 Å². The normalized spacial score (nSPS) is 14.4. The summed E-state index contributed by atoms with van der Waals surface area (Å²) < 4.78 is 10.4. The number of carbonyl (C=O) groups is 1. The molecule has 104 valence electrons. The number of carbonyl (C=O) groups excluding carboxylic acids is 1. The summed E-state index contributed by atoms with van der Waals surface area (Å²) in [5, 5.41) is 2.97.